The first-order valence-corrected chi connectivity index (χ1v) is 6.94. The number of carbonyl (C=O) groups is 3. The van der Waals surface area contributed by atoms with E-state index in [4.69, 9.17) is 14.9 Å². The summed E-state index contributed by atoms with van der Waals surface area (Å²) >= 11 is 0. The Morgan fingerprint density at radius 1 is 1.00 bits per heavy atom. The molecule has 0 aliphatic rings. The second-order valence-electron chi connectivity index (χ2n) is 4.87. The van der Waals surface area contributed by atoms with Crippen molar-refractivity contribution in [1.82, 2.24) is 5.32 Å². The molecule has 1 amide bonds. The minimum absolute atomic E-state index is 0.0473. The van der Waals surface area contributed by atoms with Crippen LogP contribution in [0.5, 0.6) is 5.75 Å². The highest BCUT2D eigenvalue weighted by molar-refractivity contribution is 6.04. The summed E-state index contributed by atoms with van der Waals surface area (Å²) in [4.78, 5) is 34.3. The van der Waals surface area contributed by atoms with Gasteiger partial charge in [0.05, 0.1) is 23.8 Å². The van der Waals surface area contributed by atoms with Crippen LogP contribution in [0.2, 0.25) is 0 Å². The minimum Gasteiger partial charge on any atom is -0.496 e. The second kappa shape index (κ2) is 7.28. The normalized spacial score (nSPS) is 10.0. The number of hydrogen-bond acceptors (Lipinski definition) is 4. The van der Waals surface area contributed by atoms with Crippen LogP contribution in [-0.2, 0) is 6.54 Å². The zero-order chi connectivity index (χ0) is 17.7. The van der Waals surface area contributed by atoms with Gasteiger partial charge in [0.1, 0.15) is 5.75 Å². The van der Waals surface area contributed by atoms with Crippen molar-refractivity contribution in [3.05, 3.63) is 64.7 Å². The molecule has 0 aliphatic heterocycles. The highest BCUT2D eigenvalue weighted by Crippen LogP contribution is 2.20. The number of methoxy groups -OCH3 is 1. The lowest BCUT2D eigenvalue weighted by Gasteiger charge is -2.11. The molecule has 0 saturated heterocycles. The summed E-state index contributed by atoms with van der Waals surface area (Å²) in [6, 6.07) is 10.2. The number of carboxylic acid groups (broad SMARTS) is 2. The Morgan fingerprint density at radius 2 is 1.67 bits per heavy atom. The van der Waals surface area contributed by atoms with Gasteiger partial charge in [0.25, 0.3) is 5.91 Å². The van der Waals surface area contributed by atoms with Gasteiger partial charge in [0, 0.05) is 12.1 Å². The number of carbonyl (C=O) groups excluding carboxylic acids is 1. The fourth-order valence-corrected chi connectivity index (χ4v) is 2.16. The molecule has 0 spiro atoms. The van der Waals surface area contributed by atoms with Gasteiger partial charge in [-0.3, -0.25) is 4.79 Å². The molecule has 24 heavy (non-hydrogen) atoms. The van der Waals surface area contributed by atoms with Crippen molar-refractivity contribution in [2.24, 2.45) is 0 Å². The van der Waals surface area contributed by atoms with Gasteiger partial charge in [-0.25, -0.2) is 9.59 Å². The van der Waals surface area contributed by atoms with Gasteiger partial charge in [-0.1, -0.05) is 18.2 Å². The number of benzene rings is 2. The molecule has 2 aromatic rings. The van der Waals surface area contributed by atoms with Crippen LogP contribution < -0.4 is 10.1 Å². The number of amides is 1. The van der Waals surface area contributed by atoms with Gasteiger partial charge >= 0.3 is 11.9 Å². The maximum Gasteiger partial charge on any atom is 0.336 e. The van der Waals surface area contributed by atoms with E-state index in [0.717, 1.165) is 0 Å². The minimum atomic E-state index is -1.19. The molecule has 2 rings (SSSR count). The molecule has 7 nitrogen and oxygen atoms in total. The molecule has 0 fully saturated rings. The van der Waals surface area contributed by atoms with Crippen molar-refractivity contribution in [1.29, 1.82) is 0 Å². The van der Waals surface area contributed by atoms with Crippen LogP contribution in [-0.4, -0.2) is 35.2 Å². The fraction of sp³-hybridized carbons (Fsp3) is 0.118. The van der Waals surface area contributed by atoms with E-state index in [9.17, 15) is 14.4 Å². The van der Waals surface area contributed by atoms with Crippen LogP contribution in [0.1, 0.15) is 36.6 Å². The molecule has 0 aliphatic carbocycles. The van der Waals surface area contributed by atoms with E-state index in [1.807, 2.05) is 0 Å². The van der Waals surface area contributed by atoms with E-state index in [1.54, 1.807) is 6.07 Å². The third-order valence-electron chi connectivity index (χ3n) is 3.38. The predicted octanol–water partition coefficient (Wildman–Crippen LogP) is 2.02. The van der Waals surface area contributed by atoms with Gasteiger partial charge in [-0.2, -0.15) is 0 Å². The highest BCUT2D eigenvalue weighted by Gasteiger charge is 2.16. The van der Waals surface area contributed by atoms with Gasteiger partial charge in [0.15, 0.2) is 0 Å². The molecule has 0 unspecified atom stereocenters. The molecule has 2 aromatic carbocycles. The number of ether oxygens (including phenoxy) is 1. The highest BCUT2D eigenvalue weighted by atomic mass is 16.5. The fourth-order valence-electron chi connectivity index (χ4n) is 2.16. The van der Waals surface area contributed by atoms with Crippen LogP contribution >= 0.6 is 0 Å². The van der Waals surface area contributed by atoms with Gasteiger partial charge < -0.3 is 20.3 Å². The average Bonchev–Trinajstić information content (AvgIpc) is 2.59. The number of rotatable bonds is 6. The van der Waals surface area contributed by atoms with Crippen molar-refractivity contribution >= 4 is 17.8 Å². The molecule has 0 bridgehead atoms. The van der Waals surface area contributed by atoms with Crippen molar-refractivity contribution in [2.45, 2.75) is 6.54 Å². The summed E-state index contributed by atoms with van der Waals surface area (Å²) in [7, 11) is 1.39. The molecule has 124 valence electrons. The van der Waals surface area contributed by atoms with Gasteiger partial charge in [-0.15, -0.1) is 0 Å². The summed E-state index contributed by atoms with van der Waals surface area (Å²) in [5.41, 5.74) is 0.594. The molecule has 7 heteroatoms. The SMILES string of the molecule is COc1cc(C(=O)O)ccc1CNC(=O)c1ccccc1C(=O)O. The van der Waals surface area contributed by atoms with Crippen molar-refractivity contribution in [3.8, 4) is 5.75 Å². The standard InChI is InChI=1S/C17H15NO6/c1-24-14-8-10(16(20)21)6-7-11(14)9-18-15(19)12-4-2-3-5-13(12)17(22)23/h2-8H,9H2,1H3,(H,18,19)(H,20,21)(H,22,23). The number of carboxylic acids is 2. The van der Waals surface area contributed by atoms with Crippen LogP contribution in [0, 0.1) is 0 Å². The number of aromatic carboxylic acids is 2. The van der Waals surface area contributed by atoms with E-state index in [2.05, 4.69) is 5.32 Å². The average molecular weight is 329 g/mol. The lowest BCUT2D eigenvalue weighted by molar-refractivity contribution is 0.0684. The summed E-state index contributed by atoms with van der Waals surface area (Å²) in [6.45, 7) is 0.0653. The van der Waals surface area contributed by atoms with Crippen LogP contribution in [0.15, 0.2) is 42.5 Å². The van der Waals surface area contributed by atoms with E-state index >= 15 is 0 Å². The molecule has 0 atom stereocenters. The van der Waals surface area contributed by atoms with Gasteiger partial charge in [0.2, 0.25) is 0 Å². The molecule has 3 N–H and O–H groups in total. The third kappa shape index (κ3) is 3.70. The molecule has 0 heterocycles. The quantitative estimate of drug-likeness (QED) is 0.747. The van der Waals surface area contributed by atoms with Crippen molar-refractivity contribution in [2.75, 3.05) is 7.11 Å². The van der Waals surface area contributed by atoms with Gasteiger partial charge in [-0.05, 0) is 24.3 Å². The maximum absolute atomic E-state index is 12.2. The molecular weight excluding hydrogens is 314 g/mol. The molecule has 0 aromatic heterocycles. The summed E-state index contributed by atoms with van der Waals surface area (Å²) in [5.74, 6) is -2.50. The Hall–Kier alpha value is -3.35. The van der Waals surface area contributed by atoms with Crippen LogP contribution in [0.4, 0.5) is 0 Å². The maximum atomic E-state index is 12.2. The van der Waals surface area contributed by atoms with Crippen molar-refractivity contribution in [3.63, 3.8) is 0 Å². The smallest absolute Gasteiger partial charge is 0.336 e. The van der Waals surface area contributed by atoms with Crippen LogP contribution in [0.3, 0.4) is 0 Å². The van der Waals surface area contributed by atoms with Crippen molar-refractivity contribution < 1.29 is 29.3 Å². The molecule has 0 radical (unpaired) electrons. The first-order valence-electron chi connectivity index (χ1n) is 6.94. The lowest BCUT2D eigenvalue weighted by atomic mass is 10.1. The third-order valence-corrected chi connectivity index (χ3v) is 3.38. The Morgan fingerprint density at radius 3 is 2.25 bits per heavy atom. The first kappa shape index (κ1) is 17.0. The number of hydrogen-bond donors (Lipinski definition) is 3. The topological polar surface area (TPSA) is 113 Å². The molecular formula is C17H15NO6. The largest absolute Gasteiger partial charge is 0.496 e. The Labute approximate surface area is 137 Å². The van der Waals surface area contributed by atoms with E-state index in [0.29, 0.717) is 11.3 Å². The Kier molecular flexibility index (Phi) is 5.16. The summed E-state index contributed by atoms with van der Waals surface area (Å²) in [5, 5.41) is 20.7. The van der Waals surface area contributed by atoms with E-state index in [1.165, 1.54) is 43.5 Å². The van der Waals surface area contributed by atoms with E-state index < -0.39 is 17.8 Å². The van der Waals surface area contributed by atoms with Crippen LogP contribution in [0.25, 0.3) is 0 Å². The lowest BCUT2D eigenvalue weighted by Crippen LogP contribution is -2.25. The Bertz CT molecular complexity index is 799. The number of nitrogens with one attached hydrogen (secondary N) is 1. The predicted molar refractivity (Wildman–Crippen MR) is 84.5 cm³/mol. The van der Waals surface area contributed by atoms with E-state index in [-0.39, 0.29) is 23.2 Å². The zero-order valence-corrected chi connectivity index (χ0v) is 12.8. The monoisotopic (exact) mass is 329 g/mol. The first-order chi connectivity index (χ1) is 11.4. The Balaban J connectivity index is 2.18. The summed E-state index contributed by atoms with van der Waals surface area (Å²) < 4.78 is 5.13. The zero-order valence-electron chi connectivity index (χ0n) is 12.8. The summed E-state index contributed by atoms with van der Waals surface area (Å²) in [6.07, 6.45) is 0. The molecule has 0 saturated carbocycles. The second-order valence-corrected chi connectivity index (χ2v) is 4.87.